The maximum Gasteiger partial charge on any atom is 0.137 e. The van der Waals surface area contributed by atoms with Gasteiger partial charge in [-0.25, -0.2) is 0 Å². The van der Waals surface area contributed by atoms with Crippen molar-refractivity contribution < 1.29 is 9.90 Å². The molecular weight excluding hydrogens is 432 g/mol. The third kappa shape index (κ3) is 4.16. The van der Waals surface area contributed by atoms with Crippen LogP contribution < -0.4 is 0 Å². The molecule has 1 N–H and O–H groups in total. The maximum atomic E-state index is 11.2. The Morgan fingerprint density at radius 2 is 1.50 bits per heavy atom. The SMILES string of the molecule is O=C1CCc2cccc(Br)c2C1.O[C@@H]1CCc2cccc(Br)c2C1. The third-order valence-corrected chi connectivity index (χ3v) is 6.15. The van der Waals surface area contributed by atoms with E-state index >= 15 is 0 Å². The van der Waals surface area contributed by atoms with Crippen molar-refractivity contribution in [1.82, 2.24) is 0 Å². The van der Waals surface area contributed by atoms with Crippen molar-refractivity contribution in [1.29, 1.82) is 0 Å². The summed E-state index contributed by atoms with van der Waals surface area (Å²) in [6.07, 6.45) is 4.81. The summed E-state index contributed by atoms with van der Waals surface area (Å²) in [4.78, 5) is 11.2. The van der Waals surface area contributed by atoms with Gasteiger partial charge in [0.1, 0.15) is 5.78 Å². The molecule has 4 rings (SSSR count). The van der Waals surface area contributed by atoms with Crippen molar-refractivity contribution in [2.75, 3.05) is 0 Å². The highest BCUT2D eigenvalue weighted by Crippen LogP contribution is 2.28. The van der Waals surface area contributed by atoms with E-state index in [-0.39, 0.29) is 6.10 Å². The Morgan fingerprint density at radius 1 is 0.875 bits per heavy atom. The van der Waals surface area contributed by atoms with Gasteiger partial charge in [-0.3, -0.25) is 4.79 Å². The van der Waals surface area contributed by atoms with Crippen molar-refractivity contribution in [3.63, 3.8) is 0 Å². The highest BCUT2D eigenvalue weighted by atomic mass is 79.9. The van der Waals surface area contributed by atoms with Gasteiger partial charge in [0, 0.05) is 21.8 Å². The van der Waals surface area contributed by atoms with E-state index in [9.17, 15) is 9.90 Å². The Hall–Kier alpha value is -0.970. The number of halogens is 2. The van der Waals surface area contributed by atoms with Gasteiger partial charge < -0.3 is 5.11 Å². The molecule has 0 aliphatic heterocycles. The highest BCUT2D eigenvalue weighted by molar-refractivity contribution is 9.10. The van der Waals surface area contributed by atoms with Crippen molar-refractivity contribution in [2.24, 2.45) is 0 Å². The zero-order chi connectivity index (χ0) is 17.1. The van der Waals surface area contributed by atoms with Crippen molar-refractivity contribution >= 4 is 37.6 Å². The molecule has 0 radical (unpaired) electrons. The van der Waals surface area contributed by atoms with Crippen molar-refractivity contribution in [3.8, 4) is 0 Å². The molecule has 0 spiro atoms. The molecule has 126 valence electrons. The van der Waals surface area contributed by atoms with Crippen LogP contribution in [0.25, 0.3) is 0 Å². The standard InChI is InChI=1S/C10H11BrO.C10H9BrO/c2*11-10-3-1-2-7-4-5-8(12)6-9(7)10/h1-3,8,12H,4-6H2;1-3H,4-6H2/t8-;/m1./s1. The molecule has 1 atom stereocenters. The number of aliphatic hydroxyl groups excluding tert-OH is 1. The molecule has 2 aliphatic carbocycles. The number of Topliss-reactive ketones (excluding diaryl/α,β-unsaturated/α-hetero) is 1. The van der Waals surface area contributed by atoms with Gasteiger partial charge in [-0.1, -0.05) is 56.1 Å². The topological polar surface area (TPSA) is 37.3 Å². The van der Waals surface area contributed by atoms with Crippen molar-refractivity contribution in [2.45, 2.75) is 44.6 Å². The molecule has 0 bridgehead atoms. The summed E-state index contributed by atoms with van der Waals surface area (Å²) < 4.78 is 2.21. The summed E-state index contributed by atoms with van der Waals surface area (Å²) in [5.74, 6) is 0.356. The molecule has 0 heterocycles. The minimum atomic E-state index is -0.142. The summed E-state index contributed by atoms with van der Waals surface area (Å²) in [6, 6.07) is 12.4. The predicted molar refractivity (Wildman–Crippen MR) is 103 cm³/mol. The first-order valence-corrected chi connectivity index (χ1v) is 9.85. The second-order valence-electron chi connectivity index (χ2n) is 6.37. The Kier molecular flexibility index (Phi) is 5.90. The molecular formula is C20H20Br2O2. The summed E-state index contributed by atoms with van der Waals surface area (Å²) >= 11 is 6.96. The van der Waals surface area contributed by atoms with E-state index in [1.807, 2.05) is 18.2 Å². The molecule has 0 amide bonds. The minimum Gasteiger partial charge on any atom is -0.393 e. The fourth-order valence-electron chi connectivity index (χ4n) is 3.32. The summed E-state index contributed by atoms with van der Waals surface area (Å²) in [5, 5.41) is 9.46. The highest BCUT2D eigenvalue weighted by Gasteiger charge is 2.18. The Labute approximate surface area is 159 Å². The van der Waals surface area contributed by atoms with Crippen LogP contribution in [0.2, 0.25) is 0 Å². The lowest BCUT2D eigenvalue weighted by molar-refractivity contribution is -0.118. The number of ketones is 1. The molecule has 4 heteroatoms. The van der Waals surface area contributed by atoms with Crippen LogP contribution in [-0.2, 0) is 30.5 Å². The first kappa shape index (κ1) is 17.8. The van der Waals surface area contributed by atoms with E-state index in [0.29, 0.717) is 18.6 Å². The molecule has 0 saturated carbocycles. The molecule has 2 aliphatic rings. The fraction of sp³-hybridized carbons (Fsp3) is 0.350. The molecule has 2 aromatic carbocycles. The zero-order valence-corrected chi connectivity index (χ0v) is 16.6. The number of aliphatic hydroxyl groups is 1. The van der Waals surface area contributed by atoms with Crippen LogP contribution in [0.15, 0.2) is 45.3 Å². The average molecular weight is 452 g/mol. The lowest BCUT2D eigenvalue weighted by Crippen LogP contribution is -2.18. The van der Waals surface area contributed by atoms with Gasteiger partial charge in [-0.05, 0) is 60.1 Å². The summed E-state index contributed by atoms with van der Waals surface area (Å²) in [5.41, 5.74) is 5.18. The monoisotopic (exact) mass is 450 g/mol. The molecule has 0 unspecified atom stereocenters. The van der Waals surface area contributed by atoms with Crippen LogP contribution in [0.5, 0.6) is 0 Å². The van der Waals surface area contributed by atoms with Crippen LogP contribution in [0, 0.1) is 0 Å². The van der Waals surface area contributed by atoms with Gasteiger partial charge in [0.25, 0.3) is 0 Å². The lowest BCUT2D eigenvalue weighted by atomic mass is 9.90. The van der Waals surface area contributed by atoms with Gasteiger partial charge in [-0.2, -0.15) is 0 Å². The molecule has 24 heavy (non-hydrogen) atoms. The molecule has 2 aromatic rings. The van der Waals surface area contributed by atoms with Gasteiger partial charge in [0.05, 0.1) is 6.10 Å². The van der Waals surface area contributed by atoms with E-state index in [4.69, 9.17) is 0 Å². The second kappa shape index (κ2) is 7.94. The van der Waals surface area contributed by atoms with Crippen LogP contribution in [0.3, 0.4) is 0 Å². The second-order valence-corrected chi connectivity index (χ2v) is 8.08. The van der Waals surface area contributed by atoms with Crippen LogP contribution >= 0.6 is 31.9 Å². The van der Waals surface area contributed by atoms with E-state index in [2.05, 4.69) is 50.1 Å². The number of hydrogen-bond acceptors (Lipinski definition) is 2. The molecule has 0 fully saturated rings. The smallest absolute Gasteiger partial charge is 0.137 e. The molecule has 0 aromatic heterocycles. The third-order valence-electron chi connectivity index (χ3n) is 4.67. The number of benzene rings is 2. The fourth-order valence-corrected chi connectivity index (χ4v) is 4.44. The van der Waals surface area contributed by atoms with Gasteiger partial charge >= 0.3 is 0 Å². The molecule has 0 saturated heterocycles. The zero-order valence-electron chi connectivity index (χ0n) is 13.4. The Bertz CT molecular complexity index is 755. The Morgan fingerprint density at radius 3 is 2.21 bits per heavy atom. The average Bonchev–Trinajstić information content (AvgIpc) is 2.57. The maximum absolute atomic E-state index is 11.2. The van der Waals surface area contributed by atoms with E-state index in [1.54, 1.807) is 0 Å². The largest absolute Gasteiger partial charge is 0.393 e. The number of rotatable bonds is 0. The van der Waals surface area contributed by atoms with Gasteiger partial charge in [0.2, 0.25) is 0 Å². The van der Waals surface area contributed by atoms with E-state index < -0.39 is 0 Å². The first-order valence-electron chi connectivity index (χ1n) is 8.27. The van der Waals surface area contributed by atoms with Crippen LogP contribution in [0.1, 0.15) is 35.1 Å². The summed E-state index contributed by atoms with van der Waals surface area (Å²) in [6.45, 7) is 0. The van der Waals surface area contributed by atoms with E-state index in [0.717, 1.165) is 34.6 Å². The summed E-state index contributed by atoms with van der Waals surface area (Å²) in [7, 11) is 0. The number of carbonyl (C=O) groups excluding carboxylic acids is 1. The number of fused-ring (bicyclic) bond motifs is 2. The normalized spacial score (nSPS) is 19.0. The number of carbonyl (C=O) groups is 1. The van der Waals surface area contributed by atoms with Crippen LogP contribution in [0.4, 0.5) is 0 Å². The lowest BCUT2D eigenvalue weighted by Gasteiger charge is -2.21. The molecule has 2 nitrogen and oxygen atoms in total. The van der Waals surface area contributed by atoms with Gasteiger partial charge in [0.15, 0.2) is 0 Å². The Balaban J connectivity index is 0.000000141. The number of aryl methyl sites for hydroxylation is 2. The first-order chi connectivity index (χ1) is 11.5. The van der Waals surface area contributed by atoms with Crippen molar-refractivity contribution in [3.05, 3.63) is 67.6 Å². The van der Waals surface area contributed by atoms with E-state index in [1.165, 1.54) is 22.3 Å². The predicted octanol–water partition coefficient (Wildman–Crippen LogP) is 4.81. The minimum absolute atomic E-state index is 0.142. The number of hydrogen-bond donors (Lipinski definition) is 1. The van der Waals surface area contributed by atoms with Crippen LogP contribution in [-0.4, -0.2) is 17.0 Å². The van der Waals surface area contributed by atoms with Gasteiger partial charge in [-0.15, -0.1) is 0 Å². The quantitative estimate of drug-likeness (QED) is 0.624.